The van der Waals surface area contributed by atoms with Crippen molar-refractivity contribution in [2.24, 2.45) is 35.5 Å². The smallest absolute Gasteiger partial charge is 0.0110 e. The van der Waals surface area contributed by atoms with Crippen LogP contribution in [0.2, 0.25) is 0 Å². The van der Waals surface area contributed by atoms with Gasteiger partial charge in [-0.1, -0.05) is 83.1 Å². The van der Waals surface area contributed by atoms with E-state index in [-0.39, 0.29) is 0 Å². The van der Waals surface area contributed by atoms with Crippen molar-refractivity contribution in [3.8, 4) is 0 Å². The van der Waals surface area contributed by atoms with Crippen LogP contribution in [-0.4, -0.2) is 98.1 Å². The van der Waals surface area contributed by atoms with Gasteiger partial charge in [-0.2, -0.15) is 0 Å². The van der Waals surface area contributed by atoms with Gasteiger partial charge in [0, 0.05) is 39.3 Å². The summed E-state index contributed by atoms with van der Waals surface area (Å²) in [6.07, 6.45) is 16.2. The Hall–Kier alpha value is -0.160. The van der Waals surface area contributed by atoms with Crippen LogP contribution in [0.3, 0.4) is 0 Å². The fraction of sp³-hybridized carbons (Fsp3) is 1.00. The quantitative estimate of drug-likeness (QED) is 0.0700. The summed E-state index contributed by atoms with van der Waals surface area (Å²) in [4.78, 5) is 11.3. The van der Waals surface area contributed by atoms with Gasteiger partial charge in [0.2, 0.25) is 0 Å². The summed E-state index contributed by atoms with van der Waals surface area (Å²) in [5, 5.41) is 0. The van der Waals surface area contributed by atoms with E-state index in [0.717, 1.165) is 35.5 Å². The Morgan fingerprint density at radius 2 is 0.348 bits per heavy atom. The van der Waals surface area contributed by atoms with Gasteiger partial charge >= 0.3 is 0 Å². The molecule has 0 aromatic rings. The third kappa shape index (κ3) is 31.1. The van der Waals surface area contributed by atoms with Crippen molar-refractivity contribution in [3.63, 3.8) is 0 Å². The van der Waals surface area contributed by atoms with Crippen LogP contribution in [0.1, 0.15) is 160 Å². The third-order valence-electron chi connectivity index (χ3n) is 9.73. The van der Waals surface area contributed by atoms with E-state index in [0.29, 0.717) is 0 Å². The molecule has 0 aliphatic carbocycles. The summed E-state index contributed by atoms with van der Waals surface area (Å²) < 4.78 is 0. The maximum absolute atomic E-state index is 2.87. The maximum Gasteiger partial charge on any atom is 0.0110 e. The lowest BCUT2D eigenvalue weighted by Crippen LogP contribution is -2.44. The zero-order valence-electron chi connectivity index (χ0n) is 34.2. The van der Waals surface area contributed by atoms with E-state index >= 15 is 0 Å². The molecule has 0 spiro atoms. The molecule has 0 atom stereocenters. The predicted molar refractivity (Wildman–Crippen MR) is 210 cm³/mol. The standard InChI is InChI=1S/C42H90N4/c1-37(2)19-13-25-43(26-14-20-38(3)4)31-34-46(35-32-44(27-15-21-39(5)6)28-16-22-40(7)8)36-33-45(29-17-23-41(9)10)30-18-24-42(11)12/h37-42H,13-36H2,1-12H3. The molecule has 0 aliphatic rings. The topological polar surface area (TPSA) is 13.0 Å². The molecule has 0 fully saturated rings. The summed E-state index contributed by atoms with van der Waals surface area (Å²) in [5.41, 5.74) is 0. The van der Waals surface area contributed by atoms with Crippen LogP contribution in [0, 0.1) is 35.5 Å². The molecule has 0 saturated carbocycles. The van der Waals surface area contributed by atoms with Crippen molar-refractivity contribution in [1.29, 1.82) is 0 Å². The highest BCUT2D eigenvalue weighted by atomic mass is 15.2. The van der Waals surface area contributed by atoms with Crippen molar-refractivity contribution in [2.75, 3.05) is 78.5 Å². The molecular formula is C42H90N4. The highest BCUT2D eigenvalue weighted by Crippen LogP contribution is 2.12. The number of rotatable bonds is 33. The zero-order valence-corrected chi connectivity index (χ0v) is 34.2. The molecule has 0 rings (SSSR count). The first-order valence-corrected chi connectivity index (χ1v) is 20.7. The first kappa shape index (κ1) is 45.8. The second-order valence-electron chi connectivity index (χ2n) is 17.6. The lowest BCUT2D eigenvalue weighted by molar-refractivity contribution is 0.148. The lowest BCUT2D eigenvalue weighted by Gasteiger charge is -2.32. The van der Waals surface area contributed by atoms with Crippen molar-refractivity contribution in [3.05, 3.63) is 0 Å². The van der Waals surface area contributed by atoms with Crippen molar-refractivity contribution < 1.29 is 0 Å². The minimum Gasteiger partial charge on any atom is -0.302 e. The predicted octanol–water partition coefficient (Wildman–Crippen LogP) is 10.8. The van der Waals surface area contributed by atoms with E-state index in [1.54, 1.807) is 0 Å². The van der Waals surface area contributed by atoms with Gasteiger partial charge in [0.05, 0.1) is 0 Å². The minimum absolute atomic E-state index is 0.809. The summed E-state index contributed by atoms with van der Waals surface area (Å²) in [6, 6.07) is 0. The van der Waals surface area contributed by atoms with Gasteiger partial charge in [-0.25, -0.2) is 0 Å². The number of nitrogens with zero attached hydrogens (tertiary/aromatic N) is 4. The fourth-order valence-electron chi connectivity index (χ4n) is 6.53. The number of hydrogen-bond donors (Lipinski definition) is 0. The molecule has 4 nitrogen and oxygen atoms in total. The van der Waals surface area contributed by atoms with Crippen LogP contribution in [0.5, 0.6) is 0 Å². The second-order valence-corrected chi connectivity index (χ2v) is 17.6. The van der Waals surface area contributed by atoms with Crippen LogP contribution in [-0.2, 0) is 0 Å². The van der Waals surface area contributed by atoms with Gasteiger partial charge in [-0.05, 0) is 152 Å². The van der Waals surface area contributed by atoms with Crippen LogP contribution in [0.25, 0.3) is 0 Å². The van der Waals surface area contributed by atoms with Gasteiger partial charge in [0.1, 0.15) is 0 Å². The molecule has 0 aromatic heterocycles. The van der Waals surface area contributed by atoms with E-state index in [1.165, 1.54) is 156 Å². The van der Waals surface area contributed by atoms with Crippen molar-refractivity contribution in [2.45, 2.75) is 160 Å². The summed E-state index contributed by atoms with van der Waals surface area (Å²) in [6.45, 7) is 43.6. The monoisotopic (exact) mass is 651 g/mol. The second kappa shape index (κ2) is 29.7. The van der Waals surface area contributed by atoms with Gasteiger partial charge in [0.25, 0.3) is 0 Å². The normalized spacial score (nSPS) is 12.9. The number of hydrogen-bond acceptors (Lipinski definition) is 4. The largest absolute Gasteiger partial charge is 0.302 e. The Morgan fingerprint density at radius 3 is 0.478 bits per heavy atom. The van der Waals surface area contributed by atoms with Gasteiger partial charge in [-0.15, -0.1) is 0 Å². The summed E-state index contributed by atoms with van der Waals surface area (Å²) in [5.74, 6) is 4.85. The maximum atomic E-state index is 2.87. The Morgan fingerprint density at radius 1 is 0.217 bits per heavy atom. The molecule has 278 valence electrons. The molecular weight excluding hydrogens is 560 g/mol. The molecule has 0 amide bonds. The van der Waals surface area contributed by atoms with Crippen LogP contribution in [0.15, 0.2) is 0 Å². The minimum atomic E-state index is 0.809. The fourth-order valence-corrected chi connectivity index (χ4v) is 6.53. The SMILES string of the molecule is CC(C)CCCN(CCCC(C)C)CCN(CCN(CCCC(C)C)CCCC(C)C)CCN(CCCC(C)C)CCCC(C)C. The average Bonchev–Trinajstić information content (AvgIpc) is 2.94. The van der Waals surface area contributed by atoms with E-state index < -0.39 is 0 Å². The third-order valence-corrected chi connectivity index (χ3v) is 9.73. The Bertz CT molecular complexity index is 502. The molecule has 0 radical (unpaired) electrons. The van der Waals surface area contributed by atoms with Crippen molar-refractivity contribution >= 4 is 0 Å². The molecule has 0 bridgehead atoms. The van der Waals surface area contributed by atoms with Crippen LogP contribution < -0.4 is 0 Å². The lowest BCUT2D eigenvalue weighted by atomic mass is 10.1. The first-order chi connectivity index (χ1) is 21.8. The van der Waals surface area contributed by atoms with Crippen LogP contribution >= 0.6 is 0 Å². The van der Waals surface area contributed by atoms with Gasteiger partial charge < -0.3 is 14.7 Å². The molecule has 4 heteroatoms. The Balaban J connectivity index is 5.59. The molecule has 0 aliphatic heterocycles. The molecule has 0 aromatic carbocycles. The van der Waals surface area contributed by atoms with E-state index in [4.69, 9.17) is 0 Å². The summed E-state index contributed by atoms with van der Waals surface area (Å²) in [7, 11) is 0. The average molecular weight is 651 g/mol. The Kier molecular flexibility index (Phi) is 29.6. The molecule has 0 heterocycles. The van der Waals surface area contributed by atoms with Gasteiger partial charge in [-0.3, -0.25) is 4.90 Å². The highest BCUT2D eigenvalue weighted by Gasteiger charge is 2.15. The van der Waals surface area contributed by atoms with Gasteiger partial charge in [0.15, 0.2) is 0 Å². The highest BCUT2D eigenvalue weighted by molar-refractivity contribution is 4.71. The Labute approximate surface area is 293 Å². The molecule has 46 heavy (non-hydrogen) atoms. The summed E-state index contributed by atoms with van der Waals surface area (Å²) >= 11 is 0. The van der Waals surface area contributed by atoms with E-state index in [9.17, 15) is 0 Å². The molecule has 0 unspecified atom stereocenters. The van der Waals surface area contributed by atoms with E-state index in [1.807, 2.05) is 0 Å². The molecule has 0 saturated heterocycles. The van der Waals surface area contributed by atoms with Crippen molar-refractivity contribution in [1.82, 2.24) is 19.6 Å². The zero-order chi connectivity index (χ0) is 34.7. The van der Waals surface area contributed by atoms with E-state index in [2.05, 4.69) is 103 Å². The molecule has 0 N–H and O–H groups in total. The van der Waals surface area contributed by atoms with Crippen LogP contribution in [0.4, 0.5) is 0 Å². The first-order valence-electron chi connectivity index (χ1n) is 20.7.